The van der Waals surface area contributed by atoms with Gasteiger partial charge in [0.05, 0.1) is 18.3 Å². The van der Waals surface area contributed by atoms with Gasteiger partial charge in [0.25, 0.3) is 5.91 Å². The van der Waals surface area contributed by atoms with Gasteiger partial charge in [-0.3, -0.25) is 24.1 Å². The van der Waals surface area contributed by atoms with Gasteiger partial charge in [-0.25, -0.2) is 0 Å². The summed E-state index contributed by atoms with van der Waals surface area (Å²) >= 11 is 6.04. The summed E-state index contributed by atoms with van der Waals surface area (Å²) in [7, 11) is 0. The summed E-state index contributed by atoms with van der Waals surface area (Å²) in [6.45, 7) is 1.65. The molecule has 0 unspecified atom stereocenters. The Hall–Kier alpha value is -2.67. The van der Waals surface area contributed by atoms with Crippen LogP contribution in [0.1, 0.15) is 31.7 Å². The maximum atomic E-state index is 12.4. The highest BCUT2D eigenvalue weighted by Crippen LogP contribution is 2.35. The average Bonchev–Trinajstić information content (AvgIpc) is 2.96. The van der Waals surface area contributed by atoms with Crippen LogP contribution in [-0.2, 0) is 30.5 Å². The maximum Gasteiger partial charge on any atom is 0.308 e. The Morgan fingerprint density at radius 2 is 1.79 bits per heavy atom. The number of allylic oxidation sites excluding steroid dienone is 2. The van der Waals surface area contributed by atoms with Crippen molar-refractivity contribution in [2.45, 2.75) is 38.8 Å². The number of carbonyl (C=O) groups is 4. The molecule has 8 heteroatoms. The quantitative estimate of drug-likeness (QED) is 0.416. The van der Waals surface area contributed by atoms with Gasteiger partial charge in [0.2, 0.25) is 11.8 Å². The molecule has 1 aliphatic heterocycles. The number of imide groups is 1. The van der Waals surface area contributed by atoms with Gasteiger partial charge in [-0.05, 0) is 31.4 Å². The maximum absolute atomic E-state index is 12.4. The third kappa shape index (κ3) is 4.85. The van der Waals surface area contributed by atoms with Crippen LogP contribution in [0.2, 0.25) is 5.02 Å². The van der Waals surface area contributed by atoms with Gasteiger partial charge >= 0.3 is 5.97 Å². The van der Waals surface area contributed by atoms with E-state index in [4.69, 9.17) is 16.3 Å². The van der Waals surface area contributed by atoms with Crippen molar-refractivity contribution >= 4 is 35.3 Å². The topological polar surface area (TPSA) is 92.8 Å². The summed E-state index contributed by atoms with van der Waals surface area (Å²) in [5, 5.41) is 3.20. The second-order valence-corrected chi connectivity index (χ2v) is 7.58. The average molecular weight is 419 g/mol. The summed E-state index contributed by atoms with van der Waals surface area (Å²) < 4.78 is 5.13. The molecule has 1 aromatic rings. The van der Waals surface area contributed by atoms with Gasteiger partial charge in [0.15, 0.2) is 6.10 Å². The second-order valence-electron chi connectivity index (χ2n) is 7.18. The number of rotatable bonds is 7. The first-order chi connectivity index (χ1) is 13.9. The minimum atomic E-state index is -0.998. The number of fused-ring (bicyclic) bond motifs is 1. The van der Waals surface area contributed by atoms with Crippen molar-refractivity contribution in [2.24, 2.45) is 11.8 Å². The summed E-state index contributed by atoms with van der Waals surface area (Å²) in [6.07, 6.45) is 3.78. The highest BCUT2D eigenvalue weighted by Gasteiger charge is 2.47. The number of ether oxygens (including phenoxy) is 1. The van der Waals surface area contributed by atoms with Crippen LogP contribution in [0.3, 0.4) is 0 Å². The molecule has 0 spiro atoms. The number of hydrogen-bond acceptors (Lipinski definition) is 5. The standard InChI is InChI=1S/C21H23ClN2O5/c1-13(19(26)23-12-14-6-2-5-9-17(14)22)29-18(25)10-11-24-20(27)15-7-3-4-8-16(15)21(24)28/h2-6,9,13,15-16H,7-8,10-12H2,1H3,(H,23,26)/t13-,15-,16-/m0/s1. The van der Waals surface area contributed by atoms with Crippen molar-refractivity contribution in [3.63, 3.8) is 0 Å². The fourth-order valence-corrected chi connectivity index (χ4v) is 3.77. The first-order valence-electron chi connectivity index (χ1n) is 9.59. The summed E-state index contributed by atoms with van der Waals surface area (Å²) in [4.78, 5) is 50.1. The minimum absolute atomic E-state index is 0.0303. The Labute approximate surface area is 174 Å². The van der Waals surface area contributed by atoms with Crippen molar-refractivity contribution in [3.05, 3.63) is 47.0 Å². The summed E-state index contributed by atoms with van der Waals surface area (Å²) in [5.41, 5.74) is 0.753. The molecular weight excluding hydrogens is 396 g/mol. The second kappa shape index (κ2) is 9.22. The number of amides is 3. The Morgan fingerprint density at radius 1 is 1.17 bits per heavy atom. The number of halogens is 1. The number of nitrogens with zero attached hydrogens (tertiary/aromatic N) is 1. The van der Waals surface area contributed by atoms with Gasteiger partial charge in [-0.15, -0.1) is 0 Å². The molecule has 3 atom stereocenters. The molecule has 1 aromatic carbocycles. The minimum Gasteiger partial charge on any atom is -0.452 e. The van der Waals surface area contributed by atoms with Gasteiger partial charge in [-0.1, -0.05) is 42.0 Å². The Bertz CT molecular complexity index is 827. The van der Waals surface area contributed by atoms with Crippen molar-refractivity contribution in [1.82, 2.24) is 10.2 Å². The van der Waals surface area contributed by atoms with E-state index in [1.54, 1.807) is 18.2 Å². The fourth-order valence-electron chi connectivity index (χ4n) is 3.57. The largest absolute Gasteiger partial charge is 0.452 e. The molecule has 0 aromatic heterocycles. The number of benzene rings is 1. The lowest BCUT2D eigenvalue weighted by atomic mass is 9.85. The van der Waals surface area contributed by atoms with E-state index in [0.717, 1.165) is 10.5 Å². The lowest BCUT2D eigenvalue weighted by Crippen LogP contribution is -2.37. The first kappa shape index (κ1) is 21.0. The zero-order valence-electron chi connectivity index (χ0n) is 16.1. The number of nitrogens with one attached hydrogen (secondary N) is 1. The van der Waals surface area contributed by atoms with Crippen LogP contribution < -0.4 is 5.32 Å². The van der Waals surface area contributed by atoms with Gasteiger partial charge in [0, 0.05) is 18.1 Å². The molecule has 0 bridgehead atoms. The van der Waals surface area contributed by atoms with Gasteiger partial charge in [-0.2, -0.15) is 0 Å². The highest BCUT2D eigenvalue weighted by molar-refractivity contribution is 6.31. The van der Waals surface area contributed by atoms with Crippen LogP contribution in [0.25, 0.3) is 0 Å². The molecule has 1 heterocycles. The highest BCUT2D eigenvalue weighted by atomic mass is 35.5. The van der Waals surface area contributed by atoms with Crippen molar-refractivity contribution in [3.8, 4) is 0 Å². The predicted molar refractivity (Wildman–Crippen MR) is 106 cm³/mol. The van der Waals surface area contributed by atoms with E-state index in [2.05, 4.69) is 5.32 Å². The van der Waals surface area contributed by atoms with Crippen LogP contribution >= 0.6 is 11.6 Å². The molecule has 0 radical (unpaired) electrons. The van der Waals surface area contributed by atoms with Crippen LogP contribution in [0.15, 0.2) is 36.4 Å². The van der Waals surface area contributed by atoms with Gasteiger partial charge < -0.3 is 10.1 Å². The van der Waals surface area contributed by atoms with Crippen molar-refractivity contribution in [2.75, 3.05) is 6.54 Å². The van der Waals surface area contributed by atoms with E-state index in [1.807, 2.05) is 18.2 Å². The molecule has 7 nitrogen and oxygen atoms in total. The molecule has 1 N–H and O–H groups in total. The number of carbonyl (C=O) groups excluding carboxylic acids is 4. The Kier molecular flexibility index (Phi) is 6.69. The van der Waals surface area contributed by atoms with Gasteiger partial charge in [0.1, 0.15) is 0 Å². The normalized spacial score (nSPS) is 21.7. The van der Waals surface area contributed by atoms with Crippen LogP contribution in [-0.4, -0.2) is 41.2 Å². The van der Waals surface area contributed by atoms with E-state index in [-0.39, 0.29) is 43.2 Å². The zero-order valence-corrected chi connectivity index (χ0v) is 16.9. The van der Waals surface area contributed by atoms with E-state index in [0.29, 0.717) is 17.9 Å². The molecule has 3 rings (SSSR count). The zero-order chi connectivity index (χ0) is 21.0. The molecule has 0 saturated carbocycles. The van der Waals surface area contributed by atoms with E-state index < -0.39 is 18.0 Å². The number of esters is 1. The molecule has 29 heavy (non-hydrogen) atoms. The third-order valence-corrected chi connectivity index (χ3v) is 5.60. The third-order valence-electron chi connectivity index (χ3n) is 5.23. The molecule has 1 aliphatic carbocycles. The van der Waals surface area contributed by atoms with E-state index >= 15 is 0 Å². The lowest BCUT2D eigenvalue weighted by Gasteiger charge is -2.16. The SMILES string of the molecule is C[C@H](OC(=O)CCN1C(=O)[C@H]2CC=CC[C@@H]2C1=O)C(=O)NCc1ccccc1Cl. The van der Waals surface area contributed by atoms with Crippen molar-refractivity contribution < 1.29 is 23.9 Å². The Balaban J connectivity index is 1.44. The van der Waals surface area contributed by atoms with Crippen LogP contribution in [0.5, 0.6) is 0 Å². The summed E-state index contributed by atoms with van der Waals surface area (Å²) in [6, 6.07) is 7.11. The van der Waals surface area contributed by atoms with E-state index in [1.165, 1.54) is 6.92 Å². The predicted octanol–water partition coefficient (Wildman–Crippen LogP) is 2.23. The molecule has 2 aliphatic rings. The van der Waals surface area contributed by atoms with Crippen molar-refractivity contribution in [1.29, 1.82) is 0 Å². The smallest absolute Gasteiger partial charge is 0.308 e. The van der Waals surface area contributed by atoms with Crippen LogP contribution in [0, 0.1) is 11.8 Å². The summed E-state index contributed by atoms with van der Waals surface area (Å²) in [5.74, 6) is -2.20. The fraction of sp³-hybridized carbons (Fsp3) is 0.429. The lowest BCUT2D eigenvalue weighted by molar-refractivity contribution is -0.155. The van der Waals surface area contributed by atoms with Crippen LogP contribution in [0.4, 0.5) is 0 Å². The molecule has 1 fully saturated rings. The van der Waals surface area contributed by atoms with E-state index in [9.17, 15) is 19.2 Å². The number of hydrogen-bond donors (Lipinski definition) is 1. The molecular formula is C21H23ClN2O5. The first-order valence-corrected chi connectivity index (χ1v) is 9.97. The molecule has 1 saturated heterocycles. The Morgan fingerprint density at radius 3 is 2.41 bits per heavy atom. The molecule has 3 amide bonds. The molecule has 154 valence electrons. The monoisotopic (exact) mass is 418 g/mol. The number of likely N-dealkylation sites (tertiary alicyclic amines) is 1.